The molecule has 0 radical (unpaired) electrons. The number of fused-ring (bicyclic) bond motifs is 4. The molecule has 0 aliphatic heterocycles. The normalized spacial score (nSPS) is 11.3. The van der Waals surface area contributed by atoms with Crippen molar-refractivity contribution in [3.63, 3.8) is 0 Å². The second-order valence-corrected chi connectivity index (χ2v) is 15.4. The molecule has 0 bridgehead atoms. The highest BCUT2D eigenvalue weighted by atomic mass is 15.1. The van der Waals surface area contributed by atoms with Gasteiger partial charge in [0.25, 0.3) is 0 Å². The molecule has 0 aliphatic rings. The molecule has 0 spiro atoms. The third-order valence-electron chi connectivity index (χ3n) is 11.8. The predicted molar refractivity (Wildman–Crippen MR) is 255 cm³/mol. The van der Waals surface area contributed by atoms with Crippen molar-refractivity contribution < 1.29 is 0 Å². The molecule has 0 fully saturated rings. The highest BCUT2D eigenvalue weighted by Gasteiger charge is 2.16. The van der Waals surface area contributed by atoms with Gasteiger partial charge in [0, 0.05) is 33.5 Å². The Morgan fingerprint density at radius 2 is 0.700 bits per heavy atom. The van der Waals surface area contributed by atoms with Gasteiger partial charge in [0.15, 0.2) is 0 Å². The van der Waals surface area contributed by atoms with Gasteiger partial charge in [-0.3, -0.25) is 0 Å². The Morgan fingerprint density at radius 1 is 0.250 bits per heavy atom. The largest absolute Gasteiger partial charge is 0.310 e. The molecular formula is C58H40N2. The lowest BCUT2D eigenvalue weighted by Gasteiger charge is -2.26. The van der Waals surface area contributed by atoms with E-state index in [4.69, 9.17) is 0 Å². The van der Waals surface area contributed by atoms with Crippen molar-refractivity contribution in [2.45, 2.75) is 0 Å². The zero-order chi connectivity index (χ0) is 39.8. The van der Waals surface area contributed by atoms with Crippen LogP contribution in [0.15, 0.2) is 243 Å². The first-order valence-corrected chi connectivity index (χ1v) is 20.6. The van der Waals surface area contributed by atoms with E-state index in [1.54, 1.807) is 0 Å². The molecule has 0 N–H and O–H groups in total. The van der Waals surface area contributed by atoms with Crippen molar-refractivity contribution in [2.24, 2.45) is 0 Å². The second kappa shape index (κ2) is 15.1. The Kier molecular flexibility index (Phi) is 8.87. The molecule has 1 aromatic heterocycles. The fourth-order valence-electron chi connectivity index (χ4n) is 8.74. The van der Waals surface area contributed by atoms with Crippen molar-refractivity contribution in [1.29, 1.82) is 0 Å². The Balaban J connectivity index is 0.944. The van der Waals surface area contributed by atoms with Crippen LogP contribution in [0.1, 0.15) is 0 Å². The zero-order valence-corrected chi connectivity index (χ0v) is 33.0. The summed E-state index contributed by atoms with van der Waals surface area (Å²) in [6, 6.07) is 87.8. The van der Waals surface area contributed by atoms with Crippen LogP contribution in [-0.4, -0.2) is 4.57 Å². The molecule has 0 unspecified atom stereocenters. The molecule has 2 heteroatoms. The van der Waals surface area contributed by atoms with Gasteiger partial charge in [0.1, 0.15) is 0 Å². The summed E-state index contributed by atoms with van der Waals surface area (Å²) in [4.78, 5) is 2.35. The average Bonchev–Trinajstić information content (AvgIpc) is 3.66. The average molecular weight is 765 g/mol. The van der Waals surface area contributed by atoms with Crippen LogP contribution in [0.25, 0.3) is 82.8 Å². The van der Waals surface area contributed by atoms with Gasteiger partial charge in [-0.15, -0.1) is 0 Å². The number of benzene rings is 10. The van der Waals surface area contributed by atoms with E-state index >= 15 is 0 Å². The summed E-state index contributed by atoms with van der Waals surface area (Å²) in [5.74, 6) is 0. The van der Waals surface area contributed by atoms with E-state index < -0.39 is 0 Å². The molecule has 0 aliphatic carbocycles. The molecule has 282 valence electrons. The fourth-order valence-corrected chi connectivity index (χ4v) is 8.74. The minimum Gasteiger partial charge on any atom is -0.310 e. The minimum absolute atomic E-state index is 1.10. The molecule has 11 rings (SSSR count). The lowest BCUT2D eigenvalue weighted by Crippen LogP contribution is -2.09. The van der Waals surface area contributed by atoms with Gasteiger partial charge in [0.05, 0.1) is 11.0 Å². The Labute approximate surface area is 350 Å². The van der Waals surface area contributed by atoms with Gasteiger partial charge in [-0.05, 0) is 122 Å². The minimum atomic E-state index is 1.10. The summed E-state index contributed by atoms with van der Waals surface area (Å²) in [5.41, 5.74) is 16.5. The summed E-state index contributed by atoms with van der Waals surface area (Å²) < 4.78 is 2.40. The standard InChI is InChI=1S/C58H40N2/c1-3-12-41(13-4-1)44-22-30-51(31-23-44)59(54-36-28-43-16-7-8-17-49(43)39-54)52-32-26-46(27-33-52)47-18-11-19-48(38-47)50-29-37-56-55-20-9-10-21-57(55)60(58(56)40-50)53-34-24-45(25-35-53)42-14-5-2-6-15-42/h1-40H. The number of anilines is 3. The molecule has 10 aromatic carbocycles. The summed E-state index contributed by atoms with van der Waals surface area (Å²) in [6.07, 6.45) is 0. The highest BCUT2D eigenvalue weighted by molar-refractivity contribution is 6.10. The molecule has 60 heavy (non-hydrogen) atoms. The van der Waals surface area contributed by atoms with E-state index in [-0.39, 0.29) is 0 Å². The highest BCUT2D eigenvalue weighted by Crippen LogP contribution is 2.40. The first-order chi connectivity index (χ1) is 29.7. The van der Waals surface area contributed by atoms with Gasteiger partial charge in [0.2, 0.25) is 0 Å². The summed E-state index contributed by atoms with van der Waals surface area (Å²) in [5, 5.41) is 4.95. The van der Waals surface area contributed by atoms with Crippen LogP contribution in [0.5, 0.6) is 0 Å². The molecule has 0 saturated heterocycles. The molecule has 0 amide bonds. The van der Waals surface area contributed by atoms with Crippen molar-refractivity contribution in [3.05, 3.63) is 243 Å². The van der Waals surface area contributed by atoms with Crippen LogP contribution < -0.4 is 4.90 Å². The van der Waals surface area contributed by atoms with Gasteiger partial charge in [-0.1, -0.05) is 176 Å². The third-order valence-corrected chi connectivity index (χ3v) is 11.8. The maximum Gasteiger partial charge on any atom is 0.0547 e. The molecule has 11 aromatic rings. The SMILES string of the molecule is c1ccc(-c2ccc(N(c3ccc(-c4cccc(-c5ccc6c7ccccc7n(-c7ccc(-c8ccccc8)cc7)c6c5)c4)cc3)c3ccc4ccccc4c3)cc2)cc1. The number of hydrogen-bond acceptors (Lipinski definition) is 1. The number of para-hydroxylation sites is 1. The third kappa shape index (κ3) is 6.51. The van der Waals surface area contributed by atoms with E-state index in [0.29, 0.717) is 0 Å². The van der Waals surface area contributed by atoms with Gasteiger partial charge < -0.3 is 9.47 Å². The van der Waals surface area contributed by atoms with Crippen LogP contribution in [0.2, 0.25) is 0 Å². The topological polar surface area (TPSA) is 8.17 Å². The van der Waals surface area contributed by atoms with E-state index in [1.165, 1.54) is 77.1 Å². The molecule has 0 saturated carbocycles. The Morgan fingerprint density at radius 3 is 1.37 bits per heavy atom. The van der Waals surface area contributed by atoms with Crippen molar-refractivity contribution in [1.82, 2.24) is 4.57 Å². The lowest BCUT2D eigenvalue weighted by atomic mass is 9.98. The maximum absolute atomic E-state index is 2.40. The molecule has 1 heterocycles. The predicted octanol–water partition coefficient (Wildman–Crippen LogP) is 16.1. The van der Waals surface area contributed by atoms with Crippen molar-refractivity contribution in [2.75, 3.05) is 4.90 Å². The van der Waals surface area contributed by atoms with E-state index in [0.717, 1.165) is 22.7 Å². The van der Waals surface area contributed by atoms with Crippen LogP contribution >= 0.6 is 0 Å². The number of hydrogen-bond donors (Lipinski definition) is 0. The quantitative estimate of drug-likeness (QED) is 0.150. The van der Waals surface area contributed by atoms with Crippen molar-refractivity contribution in [3.8, 4) is 50.2 Å². The first kappa shape index (κ1) is 35.2. The lowest BCUT2D eigenvalue weighted by molar-refractivity contribution is 1.18. The summed E-state index contributed by atoms with van der Waals surface area (Å²) in [6.45, 7) is 0. The zero-order valence-electron chi connectivity index (χ0n) is 33.0. The van der Waals surface area contributed by atoms with Gasteiger partial charge >= 0.3 is 0 Å². The molecular weight excluding hydrogens is 725 g/mol. The summed E-state index contributed by atoms with van der Waals surface area (Å²) >= 11 is 0. The Hall–Kier alpha value is -7.94. The van der Waals surface area contributed by atoms with Crippen LogP contribution in [0.4, 0.5) is 17.1 Å². The Bertz CT molecular complexity index is 3270. The smallest absolute Gasteiger partial charge is 0.0547 e. The van der Waals surface area contributed by atoms with Gasteiger partial charge in [-0.2, -0.15) is 0 Å². The monoisotopic (exact) mass is 764 g/mol. The first-order valence-electron chi connectivity index (χ1n) is 20.6. The van der Waals surface area contributed by atoms with Crippen LogP contribution in [0.3, 0.4) is 0 Å². The number of rotatable bonds is 8. The van der Waals surface area contributed by atoms with Crippen LogP contribution in [0, 0.1) is 0 Å². The van der Waals surface area contributed by atoms with Crippen LogP contribution in [-0.2, 0) is 0 Å². The summed E-state index contributed by atoms with van der Waals surface area (Å²) in [7, 11) is 0. The number of aromatic nitrogens is 1. The van der Waals surface area contributed by atoms with E-state index in [2.05, 4.69) is 252 Å². The maximum atomic E-state index is 2.40. The second-order valence-electron chi connectivity index (χ2n) is 15.4. The van der Waals surface area contributed by atoms with Crippen molar-refractivity contribution >= 4 is 49.6 Å². The molecule has 0 atom stereocenters. The van der Waals surface area contributed by atoms with E-state index in [9.17, 15) is 0 Å². The van der Waals surface area contributed by atoms with Gasteiger partial charge in [-0.25, -0.2) is 0 Å². The molecule has 2 nitrogen and oxygen atoms in total. The van der Waals surface area contributed by atoms with E-state index in [1.807, 2.05) is 0 Å². The number of nitrogens with zero attached hydrogens (tertiary/aromatic N) is 2. The fraction of sp³-hybridized carbons (Fsp3) is 0.